The summed E-state index contributed by atoms with van der Waals surface area (Å²) in [6, 6.07) is 4.53. The molecule has 0 fully saturated rings. The van der Waals surface area contributed by atoms with Crippen molar-refractivity contribution in [3.63, 3.8) is 0 Å². The molecule has 0 spiro atoms. The first-order valence-electron chi connectivity index (χ1n) is 5.07. The summed E-state index contributed by atoms with van der Waals surface area (Å²) in [5, 5.41) is 16.8. The number of halogens is 2. The van der Waals surface area contributed by atoms with Crippen molar-refractivity contribution < 1.29 is 4.39 Å². The number of rotatable bonds is 4. The van der Waals surface area contributed by atoms with Gasteiger partial charge in [-0.05, 0) is 30.7 Å². The summed E-state index contributed by atoms with van der Waals surface area (Å²) in [5.41, 5.74) is 0.848. The molecule has 1 heterocycles. The predicted molar refractivity (Wildman–Crippen MR) is 63.5 cm³/mol. The van der Waals surface area contributed by atoms with Crippen molar-refractivity contribution in [1.29, 1.82) is 0 Å². The van der Waals surface area contributed by atoms with Gasteiger partial charge in [-0.2, -0.15) is 5.21 Å². The van der Waals surface area contributed by atoms with Crippen LogP contribution in [0.4, 0.5) is 4.39 Å². The van der Waals surface area contributed by atoms with Gasteiger partial charge in [-0.1, -0.05) is 21.1 Å². The van der Waals surface area contributed by atoms with Crippen molar-refractivity contribution in [3.8, 4) is 0 Å². The molecule has 0 aliphatic carbocycles. The average Bonchev–Trinajstić information content (AvgIpc) is 2.83. The number of tetrazole rings is 1. The molecule has 0 radical (unpaired) electrons. The second-order valence-electron chi connectivity index (χ2n) is 3.61. The van der Waals surface area contributed by atoms with E-state index in [1.54, 1.807) is 6.07 Å². The molecule has 2 rings (SSSR count). The van der Waals surface area contributed by atoms with Crippen LogP contribution in [0.3, 0.4) is 0 Å². The van der Waals surface area contributed by atoms with Gasteiger partial charge >= 0.3 is 0 Å². The third-order valence-electron chi connectivity index (χ3n) is 2.36. The first-order valence-corrected chi connectivity index (χ1v) is 5.87. The number of hydrogen-bond donors (Lipinski definition) is 2. The van der Waals surface area contributed by atoms with Crippen LogP contribution in [-0.4, -0.2) is 20.6 Å². The lowest BCUT2D eigenvalue weighted by atomic mass is 10.2. The van der Waals surface area contributed by atoms with Crippen LogP contribution >= 0.6 is 15.9 Å². The SMILES string of the molecule is CC(NCc1cc(F)ccc1Br)c1nn[nH]n1. The maximum Gasteiger partial charge on any atom is 0.191 e. The second kappa shape index (κ2) is 5.33. The van der Waals surface area contributed by atoms with Crippen LogP contribution in [0.2, 0.25) is 0 Å². The summed E-state index contributed by atoms with van der Waals surface area (Å²) < 4.78 is 13.9. The molecule has 0 aliphatic rings. The highest BCUT2D eigenvalue weighted by molar-refractivity contribution is 9.10. The van der Waals surface area contributed by atoms with Gasteiger partial charge in [0.1, 0.15) is 5.82 Å². The summed E-state index contributed by atoms with van der Waals surface area (Å²) >= 11 is 3.37. The van der Waals surface area contributed by atoms with E-state index >= 15 is 0 Å². The van der Waals surface area contributed by atoms with Gasteiger partial charge in [0.2, 0.25) is 0 Å². The minimum absolute atomic E-state index is 0.0519. The number of nitrogens with zero attached hydrogens (tertiary/aromatic N) is 3. The zero-order valence-corrected chi connectivity index (χ0v) is 10.7. The summed E-state index contributed by atoms with van der Waals surface area (Å²) in [4.78, 5) is 0. The van der Waals surface area contributed by atoms with Crippen LogP contribution in [0.15, 0.2) is 22.7 Å². The third-order valence-corrected chi connectivity index (χ3v) is 3.13. The number of hydrogen-bond acceptors (Lipinski definition) is 4. The molecule has 17 heavy (non-hydrogen) atoms. The normalized spacial score (nSPS) is 12.6. The molecule has 1 aromatic carbocycles. The Morgan fingerprint density at radius 1 is 1.53 bits per heavy atom. The van der Waals surface area contributed by atoms with Crippen molar-refractivity contribution in [2.24, 2.45) is 0 Å². The zero-order chi connectivity index (χ0) is 12.3. The topological polar surface area (TPSA) is 66.5 Å². The molecule has 90 valence electrons. The molecule has 5 nitrogen and oxygen atoms in total. The van der Waals surface area contributed by atoms with E-state index < -0.39 is 0 Å². The van der Waals surface area contributed by atoms with Crippen molar-refractivity contribution in [3.05, 3.63) is 39.9 Å². The highest BCUT2D eigenvalue weighted by atomic mass is 79.9. The highest BCUT2D eigenvalue weighted by Crippen LogP contribution is 2.18. The Morgan fingerprint density at radius 2 is 2.35 bits per heavy atom. The Bertz CT molecular complexity index is 487. The summed E-state index contributed by atoms with van der Waals surface area (Å²) in [5.74, 6) is 0.328. The lowest BCUT2D eigenvalue weighted by Gasteiger charge is -2.11. The fourth-order valence-electron chi connectivity index (χ4n) is 1.39. The number of aromatic amines is 1. The smallest absolute Gasteiger partial charge is 0.191 e. The number of H-pyrrole nitrogens is 1. The van der Waals surface area contributed by atoms with Gasteiger partial charge in [-0.3, -0.25) is 0 Å². The minimum Gasteiger partial charge on any atom is -0.303 e. The maximum atomic E-state index is 13.1. The molecule has 0 amide bonds. The number of benzene rings is 1. The lowest BCUT2D eigenvalue weighted by molar-refractivity contribution is 0.543. The zero-order valence-electron chi connectivity index (χ0n) is 9.11. The van der Waals surface area contributed by atoms with Crippen molar-refractivity contribution >= 4 is 15.9 Å². The van der Waals surface area contributed by atoms with E-state index in [9.17, 15) is 4.39 Å². The van der Waals surface area contributed by atoms with Gasteiger partial charge < -0.3 is 5.32 Å². The van der Waals surface area contributed by atoms with Gasteiger partial charge in [-0.25, -0.2) is 4.39 Å². The molecule has 2 aromatic rings. The van der Waals surface area contributed by atoms with Crippen molar-refractivity contribution in [2.45, 2.75) is 19.5 Å². The molecule has 0 saturated heterocycles. The molecule has 0 aliphatic heterocycles. The Labute approximate surface area is 106 Å². The van der Waals surface area contributed by atoms with E-state index in [1.807, 2.05) is 6.92 Å². The summed E-state index contributed by atoms with van der Waals surface area (Å²) in [7, 11) is 0. The largest absolute Gasteiger partial charge is 0.303 e. The predicted octanol–water partition coefficient (Wildman–Crippen LogP) is 1.95. The molecular weight excluding hydrogens is 289 g/mol. The van der Waals surface area contributed by atoms with Crippen LogP contribution in [0.25, 0.3) is 0 Å². The van der Waals surface area contributed by atoms with E-state index in [0.29, 0.717) is 12.4 Å². The Morgan fingerprint density at radius 3 is 3.06 bits per heavy atom. The molecule has 2 N–H and O–H groups in total. The summed E-state index contributed by atoms with van der Waals surface area (Å²) in [6.07, 6.45) is 0. The number of aromatic nitrogens is 4. The van der Waals surface area contributed by atoms with Crippen molar-refractivity contribution in [2.75, 3.05) is 0 Å². The molecule has 0 saturated carbocycles. The minimum atomic E-state index is -0.253. The third kappa shape index (κ3) is 3.07. The van der Waals surface area contributed by atoms with E-state index in [-0.39, 0.29) is 11.9 Å². The van der Waals surface area contributed by atoms with Gasteiger partial charge in [0.25, 0.3) is 0 Å². The fraction of sp³-hybridized carbons (Fsp3) is 0.300. The Balaban J connectivity index is 2.00. The molecular formula is C10H11BrFN5. The molecule has 1 unspecified atom stereocenters. The molecule has 0 bridgehead atoms. The molecule has 7 heteroatoms. The van der Waals surface area contributed by atoms with E-state index in [1.165, 1.54) is 12.1 Å². The van der Waals surface area contributed by atoms with Crippen LogP contribution in [0.1, 0.15) is 24.4 Å². The number of nitrogens with one attached hydrogen (secondary N) is 2. The van der Waals surface area contributed by atoms with E-state index in [2.05, 4.69) is 41.9 Å². The standard InChI is InChI=1S/C10H11BrFN5/c1-6(10-14-16-17-15-10)13-5-7-4-8(12)2-3-9(7)11/h2-4,6,13H,5H2,1H3,(H,14,15,16,17). The second-order valence-corrected chi connectivity index (χ2v) is 4.46. The van der Waals surface area contributed by atoms with E-state index in [0.717, 1.165) is 10.0 Å². The first-order chi connectivity index (χ1) is 8.16. The lowest BCUT2D eigenvalue weighted by Crippen LogP contribution is -2.19. The van der Waals surface area contributed by atoms with Crippen molar-refractivity contribution in [1.82, 2.24) is 25.9 Å². The van der Waals surface area contributed by atoms with Gasteiger partial charge in [0, 0.05) is 11.0 Å². The maximum absolute atomic E-state index is 13.1. The van der Waals surface area contributed by atoms with Crippen LogP contribution < -0.4 is 5.32 Å². The Kier molecular flexibility index (Phi) is 3.80. The summed E-state index contributed by atoms with van der Waals surface area (Å²) in [6.45, 7) is 2.44. The van der Waals surface area contributed by atoms with Crippen LogP contribution in [-0.2, 0) is 6.54 Å². The van der Waals surface area contributed by atoms with E-state index in [4.69, 9.17) is 0 Å². The fourth-order valence-corrected chi connectivity index (χ4v) is 1.77. The Hall–Kier alpha value is -1.34. The monoisotopic (exact) mass is 299 g/mol. The van der Waals surface area contributed by atoms with Crippen LogP contribution in [0, 0.1) is 5.82 Å². The van der Waals surface area contributed by atoms with Gasteiger partial charge in [0.05, 0.1) is 6.04 Å². The molecule has 1 aromatic heterocycles. The quantitative estimate of drug-likeness (QED) is 0.906. The van der Waals surface area contributed by atoms with Crippen LogP contribution in [0.5, 0.6) is 0 Å². The van der Waals surface area contributed by atoms with Gasteiger partial charge in [-0.15, -0.1) is 10.2 Å². The average molecular weight is 300 g/mol. The first kappa shape index (κ1) is 12.1. The van der Waals surface area contributed by atoms with Gasteiger partial charge in [0.15, 0.2) is 5.82 Å². The highest BCUT2D eigenvalue weighted by Gasteiger charge is 2.10. The molecule has 1 atom stereocenters.